The molecule has 0 bridgehead atoms. The van der Waals surface area contributed by atoms with Gasteiger partial charge < -0.3 is 20.1 Å². The van der Waals surface area contributed by atoms with Crippen LogP contribution in [0.1, 0.15) is 27.2 Å². The molecule has 0 aromatic heterocycles. The molecule has 1 heterocycles. The van der Waals surface area contributed by atoms with Crippen molar-refractivity contribution < 1.29 is 14.6 Å². The van der Waals surface area contributed by atoms with Crippen molar-refractivity contribution in [3.8, 4) is 5.75 Å². The van der Waals surface area contributed by atoms with E-state index in [4.69, 9.17) is 16.3 Å². The highest BCUT2D eigenvalue weighted by Gasteiger charge is 2.37. The van der Waals surface area contributed by atoms with Gasteiger partial charge in [0.15, 0.2) is 0 Å². The van der Waals surface area contributed by atoms with E-state index < -0.39 is 11.5 Å². The lowest BCUT2D eigenvalue weighted by atomic mass is 9.93. The molecule has 0 spiro atoms. The molecule has 0 saturated heterocycles. The molecule has 5 nitrogen and oxygen atoms in total. The quantitative estimate of drug-likeness (QED) is 0.782. The zero-order chi connectivity index (χ0) is 17.0. The van der Waals surface area contributed by atoms with Crippen LogP contribution in [0.5, 0.6) is 5.75 Å². The molecule has 6 heteroatoms. The van der Waals surface area contributed by atoms with Gasteiger partial charge in [-0.1, -0.05) is 6.92 Å². The second-order valence-electron chi connectivity index (χ2n) is 6.50. The molecule has 1 aromatic carbocycles. The topological polar surface area (TPSA) is 61.8 Å². The van der Waals surface area contributed by atoms with Gasteiger partial charge in [0.05, 0.1) is 23.1 Å². The maximum atomic E-state index is 12.7. The summed E-state index contributed by atoms with van der Waals surface area (Å²) >= 11 is 5.60. The Hall–Kier alpha value is -1.46. The lowest BCUT2D eigenvalue weighted by molar-refractivity contribution is -0.127. The summed E-state index contributed by atoms with van der Waals surface area (Å²) in [5, 5.41) is 12.7. The molecule has 0 radical (unpaired) electrons. The Morgan fingerprint density at radius 3 is 2.87 bits per heavy atom. The molecule has 1 unspecified atom stereocenters. The van der Waals surface area contributed by atoms with Crippen molar-refractivity contribution in [3.63, 3.8) is 0 Å². The molecule has 1 aliphatic rings. The minimum absolute atomic E-state index is 0.0800. The van der Waals surface area contributed by atoms with Crippen LogP contribution >= 0.6 is 11.6 Å². The second-order valence-corrected chi connectivity index (χ2v) is 6.81. The van der Waals surface area contributed by atoms with Crippen molar-refractivity contribution in [1.82, 2.24) is 0 Å². The van der Waals surface area contributed by atoms with Crippen molar-refractivity contribution >= 4 is 28.9 Å². The number of amides is 1. The van der Waals surface area contributed by atoms with Crippen LogP contribution in [-0.2, 0) is 4.79 Å². The van der Waals surface area contributed by atoms with Crippen molar-refractivity contribution in [1.29, 1.82) is 0 Å². The fourth-order valence-electron chi connectivity index (χ4n) is 2.49. The Bertz CT molecular complexity index is 563. The largest absolute Gasteiger partial charge is 0.490 e. The SMILES string of the molecule is CCCN1C(=O)C(C)(C)COc2cc(NCC(O)CCl)ccc21. The van der Waals surface area contributed by atoms with Crippen LogP contribution in [0.3, 0.4) is 0 Å². The first-order valence-electron chi connectivity index (χ1n) is 7.95. The number of hydrogen-bond donors (Lipinski definition) is 2. The average Bonchev–Trinajstić information content (AvgIpc) is 2.63. The van der Waals surface area contributed by atoms with E-state index in [0.29, 0.717) is 25.4 Å². The van der Waals surface area contributed by atoms with Crippen molar-refractivity contribution in [3.05, 3.63) is 18.2 Å². The van der Waals surface area contributed by atoms with Crippen LogP contribution in [0.2, 0.25) is 0 Å². The third kappa shape index (κ3) is 4.09. The van der Waals surface area contributed by atoms with Crippen LogP contribution < -0.4 is 15.0 Å². The van der Waals surface area contributed by atoms with Gasteiger partial charge in [-0.2, -0.15) is 0 Å². The van der Waals surface area contributed by atoms with E-state index >= 15 is 0 Å². The molecule has 1 aliphatic heterocycles. The van der Waals surface area contributed by atoms with Gasteiger partial charge >= 0.3 is 0 Å². The minimum Gasteiger partial charge on any atom is -0.490 e. The van der Waals surface area contributed by atoms with E-state index in [2.05, 4.69) is 12.2 Å². The lowest BCUT2D eigenvalue weighted by Gasteiger charge is -2.27. The third-order valence-electron chi connectivity index (χ3n) is 3.83. The van der Waals surface area contributed by atoms with E-state index in [1.54, 1.807) is 4.90 Å². The highest BCUT2D eigenvalue weighted by Crippen LogP contribution is 2.38. The van der Waals surface area contributed by atoms with E-state index in [0.717, 1.165) is 17.8 Å². The van der Waals surface area contributed by atoms with Crippen LogP contribution in [0.15, 0.2) is 18.2 Å². The van der Waals surface area contributed by atoms with Gasteiger partial charge in [-0.15, -0.1) is 11.6 Å². The van der Waals surface area contributed by atoms with Gasteiger partial charge in [0.2, 0.25) is 5.91 Å². The van der Waals surface area contributed by atoms with Crippen molar-refractivity contribution in [2.24, 2.45) is 5.41 Å². The molecule has 128 valence electrons. The number of aliphatic hydroxyl groups is 1. The maximum absolute atomic E-state index is 12.7. The number of halogens is 1. The lowest BCUT2D eigenvalue weighted by Crippen LogP contribution is -2.42. The van der Waals surface area contributed by atoms with E-state index in [1.165, 1.54) is 0 Å². The molecule has 2 rings (SSSR count). The molecule has 23 heavy (non-hydrogen) atoms. The Balaban J connectivity index is 2.28. The summed E-state index contributed by atoms with van der Waals surface area (Å²) in [5.74, 6) is 0.945. The van der Waals surface area contributed by atoms with Gasteiger partial charge in [-0.25, -0.2) is 0 Å². The number of fused-ring (bicyclic) bond motifs is 1. The Labute approximate surface area is 142 Å². The fraction of sp³-hybridized carbons (Fsp3) is 0.588. The number of carbonyl (C=O) groups is 1. The van der Waals surface area contributed by atoms with Crippen LogP contribution in [0.4, 0.5) is 11.4 Å². The average molecular weight is 341 g/mol. The number of nitrogens with zero attached hydrogens (tertiary/aromatic N) is 1. The summed E-state index contributed by atoms with van der Waals surface area (Å²) in [4.78, 5) is 14.5. The number of hydrogen-bond acceptors (Lipinski definition) is 4. The highest BCUT2D eigenvalue weighted by atomic mass is 35.5. The predicted molar refractivity (Wildman–Crippen MR) is 93.6 cm³/mol. The maximum Gasteiger partial charge on any atom is 0.236 e. The number of nitrogens with one attached hydrogen (secondary N) is 1. The predicted octanol–water partition coefficient (Wildman–Crippen LogP) is 2.86. The number of aliphatic hydroxyl groups excluding tert-OH is 1. The van der Waals surface area contributed by atoms with E-state index in [1.807, 2.05) is 32.0 Å². The number of carbonyl (C=O) groups excluding carboxylic acids is 1. The smallest absolute Gasteiger partial charge is 0.236 e. The van der Waals surface area contributed by atoms with Crippen LogP contribution in [-0.4, -0.2) is 42.7 Å². The summed E-state index contributed by atoms with van der Waals surface area (Å²) in [7, 11) is 0. The third-order valence-corrected chi connectivity index (χ3v) is 4.19. The molecule has 0 saturated carbocycles. The van der Waals surface area contributed by atoms with Crippen molar-refractivity contribution in [2.75, 3.05) is 35.8 Å². The summed E-state index contributed by atoms with van der Waals surface area (Å²) in [6.07, 6.45) is 0.275. The first-order chi connectivity index (χ1) is 10.9. The molecule has 1 aromatic rings. The van der Waals surface area contributed by atoms with Gasteiger partial charge in [0.1, 0.15) is 12.4 Å². The molecule has 0 fully saturated rings. The molecule has 0 aliphatic carbocycles. The number of alkyl halides is 1. The first-order valence-corrected chi connectivity index (χ1v) is 8.49. The van der Waals surface area contributed by atoms with Crippen LogP contribution in [0, 0.1) is 5.41 Å². The van der Waals surface area contributed by atoms with Gasteiger partial charge in [-0.05, 0) is 32.4 Å². The fourth-order valence-corrected chi connectivity index (χ4v) is 2.60. The van der Waals surface area contributed by atoms with Crippen LogP contribution in [0.25, 0.3) is 0 Å². The molecular weight excluding hydrogens is 316 g/mol. The summed E-state index contributed by atoms with van der Waals surface area (Å²) in [5.41, 5.74) is 1.07. The Morgan fingerprint density at radius 2 is 2.22 bits per heavy atom. The zero-order valence-electron chi connectivity index (χ0n) is 13.9. The summed E-state index contributed by atoms with van der Waals surface area (Å²) in [6.45, 7) is 7.23. The first kappa shape index (κ1) is 17.9. The van der Waals surface area contributed by atoms with E-state index in [9.17, 15) is 9.90 Å². The van der Waals surface area contributed by atoms with E-state index in [-0.39, 0.29) is 11.8 Å². The number of anilines is 2. The number of ether oxygens (including phenoxy) is 1. The van der Waals surface area contributed by atoms with Gasteiger partial charge in [0.25, 0.3) is 0 Å². The highest BCUT2D eigenvalue weighted by molar-refractivity contribution is 6.18. The monoisotopic (exact) mass is 340 g/mol. The molecule has 1 amide bonds. The zero-order valence-corrected chi connectivity index (χ0v) is 14.7. The standard InChI is InChI=1S/C17H25ClN2O3/c1-4-7-20-14-6-5-12(19-10-13(21)9-18)8-15(14)23-11-17(2,3)16(20)22/h5-6,8,13,19,21H,4,7,9-11H2,1-3H3. The van der Waals surface area contributed by atoms with Gasteiger partial charge in [0, 0.05) is 24.8 Å². The summed E-state index contributed by atoms with van der Waals surface area (Å²) < 4.78 is 5.89. The number of rotatable bonds is 6. The normalized spacial score (nSPS) is 18.0. The molecular formula is C17H25ClN2O3. The van der Waals surface area contributed by atoms with Gasteiger partial charge in [-0.3, -0.25) is 4.79 Å². The minimum atomic E-state index is -0.603. The second kappa shape index (κ2) is 7.41. The van der Waals surface area contributed by atoms with Crippen molar-refractivity contribution in [2.45, 2.75) is 33.3 Å². The summed E-state index contributed by atoms with van der Waals surface area (Å²) in [6, 6.07) is 5.64. The Morgan fingerprint density at radius 1 is 1.48 bits per heavy atom. The molecule has 1 atom stereocenters. The Kier molecular flexibility index (Phi) is 5.76. The number of benzene rings is 1. The molecule has 2 N–H and O–H groups in total.